The van der Waals surface area contributed by atoms with Crippen molar-refractivity contribution < 1.29 is 5.11 Å². The Kier molecular flexibility index (Phi) is 4.70. The summed E-state index contributed by atoms with van der Waals surface area (Å²) in [5.41, 5.74) is 3.14. The first kappa shape index (κ1) is 15.3. The topological polar surface area (TPSA) is 20.2 Å². The average Bonchev–Trinajstić information content (AvgIpc) is 2.65. The highest BCUT2D eigenvalue weighted by molar-refractivity contribution is 5.54. The van der Waals surface area contributed by atoms with Crippen molar-refractivity contribution in [2.75, 3.05) is 6.61 Å². The van der Waals surface area contributed by atoms with E-state index in [9.17, 15) is 5.11 Å². The Morgan fingerprint density at radius 2 is 0.957 bits per heavy atom. The zero-order valence-corrected chi connectivity index (χ0v) is 13.0. The third-order valence-electron chi connectivity index (χ3n) is 4.16. The molecule has 0 aliphatic heterocycles. The van der Waals surface area contributed by atoms with Crippen LogP contribution in [0.3, 0.4) is 0 Å². The molecular weight excluding hydrogens is 280 g/mol. The Morgan fingerprint density at radius 3 is 1.26 bits per heavy atom. The van der Waals surface area contributed by atoms with Crippen LogP contribution in [0.5, 0.6) is 0 Å². The van der Waals surface area contributed by atoms with Gasteiger partial charge in [0, 0.05) is 0 Å². The van der Waals surface area contributed by atoms with Gasteiger partial charge in [-0.15, -0.1) is 0 Å². The molecule has 1 heteroatoms. The molecule has 0 radical (unpaired) electrons. The van der Waals surface area contributed by atoms with E-state index in [-0.39, 0.29) is 6.61 Å². The first-order valence-corrected chi connectivity index (χ1v) is 7.83. The van der Waals surface area contributed by atoms with Crippen LogP contribution in [0.4, 0.5) is 0 Å². The SMILES string of the molecule is OCC=CC(c1ccccc1)(c1ccccc1)c1ccccc1. The third kappa shape index (κ3) is 2.96. The highest BCUT2D eigenvalue weighted by Crippen LogP contribution is 2.40. The van der Waals surface area contributed by atoms with Crippen LogP contribution in [0, 0.1) is 0 Å². The minimum absolute atomic E-state index is 0.0221. The molecule has 3 aromatic carbocycles. The molecular formula is C22H20O. The lowest BCUT2D eigenvalue weighted by molar-refractivity contribution is 0.342. The summed E-state index contributed by atoms with van der Waals surface area (Å²) in [6, 6.07) is 31.3. The summed E-state index contributed by atoms with van der Waals surface area (Å²) in [6.45, 7) is 0.0221. The van der Waals surface area contributed by atoms with Gasteiger partial charge in [-0.3, -0.25) is 0 Å². The molecule has 0 fully saturated rings. The quantitative estimate of drug-likeness (QED) is 0.540. The maximum absolute atomic E-state index is 9.38. The first-order chi connectivity index (χ1) is 11.4. The molecule has 0 amide bonds. The summed E-state index contributed by atoms with van der Waals surface area (Å²) in [5.74, 6) is 0. The molecule has 0 unspecified atom stereocenters. The maximum atomic E-state index is 9.38. The fourth-order valence-corrected chi connectivity index (χ4v) is 3.12. The molecule has 1 N–H and O–H groups in total. The summed E-state index contributed by atoms with van der Waals surface area (Å²) in [4.78, 5) is 0. The van der Waals surface area contributed by atoms with Crippen molar-refractivity contribution in [3.05, 3.63) is 120 Å². The largest absolute Gasteiger partial charge is 0.392 e. The minimum atomic E-state index is -0.410. The summed E-state index contributed by atoms with van der Waals surface area (Å²) in [7, 11) is 0. The molecule has 0 spiro atoms. The summed E-state index contributed by atoms with van der Waals surface area (Å²) < 4.78 is 0. The molecule has 114 valence electrons. The summed E-state index contributed by atoms with van der Waals surface area (Å²) >= 11 is 0. The second-order valence-electron chi connectivity index (χ2n) is 5.49. The molecule has 1 nitrogen and oxygen atoms in total. The second kappa shape index (κ2) is 7.08. The van der Waals surface area contributed by atoms with E-state index < -0.39 is 5.41 Å². The number of aliphatic hydroxyl groups excluding tert-OH is 1. The van der Waals surface area contributed by atoms with Crippen molar-refractivity contribution in [2.24, 2.45) is 0 Å². The van der Waals surface area contributed by atoms with E-state index in [4.69, 9.17) is 0 Å². The molecule has 0 aromatic heterocycles. The average molecular weight is 300 g/mol. The Labute approximate surface area is 137 Å². The number of hydrogen-bond donors (Lipinski definition) is 1. The molecule has 3 rings (SSSR count). The van der Waals surface area contributed by atoms with E-state index in [2.05, 4.69) is 78.9 Å². The zero-order chi connectivity index (χ0) is 16.0. The van der Waals surface area contributed by atoms with Crippen molar-refractivity contribution in [2.45, 2.75) is 5.41 Å². The molecule has 0 saturated heterocycles. The lowest BCUT2D eigenvalue weighted by Crippen LogP contribution is -2.27. The van der Waals surface area contributed by atoms with E-state index >= 15 is 0 Å². The van der Waals surface area contributed by atoms with Crippen LogP contribution in [0.15, 0.2) is 103 Å². The first-order valence-electron chi connectivity index (χ1n) is 7.83. The highest BCUT2D eigenvalue weighted by atomic mass is 16.2. The van der Waals surface area contributed by atoms with E-state index in [0.29, 0.717) is 0 Å². The molecule has 0 aliphatic carbocycles. The van der Waals surface area contributed by atoms with Gasteiger partial charge in [0.25, 0.3) is 0 Å². The van der Waals surface area contributed by atoms with Gasteiger partial charge in [0.1, 0.15) is 0 Å². The van der Waals surface area contributed by atoms with Crippen molar-refractivity contribution in [3.63, 3.8) is 0 Å². The maximum Gasteiger partial charge on any atom is 0.0632 e. The molecule has 3 aromatic rings. The van der Waals surface area contributed by atoms with Crippen LogP contribution in [0.1, 0.15) is 16.7 Å². The van der Waals surface area contributed by atoms with Crippen LogP contribution in [-0.2, 0) is 5.41 Å². The van der Waals surface area contributed by atoms with Gasteiger partial charge >= 0.3 is 0 Å². The molecule has 0 atom stereocenters. The lowest BCUT2D eigenvalue weighted by Gasteiger charge is -2.33. The smallest absolute Gasteiger partial charge is 0.0632 e. The van der Waals surface area contributed by atoms with Crippen LogP contribution in [0.25, 0.3) is 0 Å². The van der Waals surface area contributed by atoms with Gasteiger partial charge in [-0.2, -0.15) is 0 Å². The van der Waals surface area contributed by atoms with Crippen LogP contribution < -0.4 is 0 Å². The van der Waals surface area contributed by atoms with E-state index in [1.807, 2.05) is 24.3 Å². The zero-order valence-electron chi connectivity index (χ0n) is 13.0. The minimum Gasteiger partial charge on any atom is -0.392 e. The summed E-state index contributed by atoms with van der Waals surface area (Å²) in [6.07, 6.45) is 3.93. The highest BCUT2D eigenvalue weighted by Gasteiger charge is 2.33. The normalized spacial score (nSPS) is 11.7. The third-order valence-corrected chi connectivity index (χ3v) is 4.16. The molecule has 23 heavy (non-hydrogen) atoms. The van der Waals surface area contributed by atoms with Gasteiger partial charge in [-0.05, 0) is 16.7 Å². The van der Waals surface area contributed by atoms with Gasteiger partial charge in [0.15, 0.2) is 0 Å². The van der Waals surface area contributed by atoms with Gasteiger partial charge in [0.2, 0.25) is 0 Å². The molecule has 0 saturated carbocycles. The van der Waals surface area contributed by atoms with E-state index in [0.717, 1.165) is 0 Å². The van der Waals surface area contributed by atoms with Crippen molar-refractivity contribution in [3.8, 4) is 0 Å². The van der Waals surface area contributed by atoms with Crippen LogP contribution in [-0.4, -0.2) is 11.7 Å². The lowest BCUT2D eigenvalue weighted by atomic mass is 9.69. The van der Waals surface area contributed by atoms with E-state index in [1.165, 1.54) is 16.7 Å². The van der Waals surface area contributed by atoms with Crippen molar-refractivity contribution >= 4 is 0 Å². The monoisotopic (exact) mass is 300 g/mol. The fourth-order valence-electron chi connectivity index (χ4n) is 3.12. The standard InChI is InChI=1S/C22H20O/c23-18-10-17-22(19-11-4-1-5-12-19,20-13-6-2-7-14-20)21-15-8-3-9-16-21/h1-17,23H,18H2. The van der Waals surface area contributed by atoms with Crippen molar-refractivity contribution in [1.82, 2.24) is 0 Å². The van der Waals surface area contributed by atoms with Crippen molar-refractivity contribution in [1.29, 1.82) is 0 Å². The predicted molar refractivity (Wildman–Crippen MR) is 95.4 cm³/mol. The van der Waals surface area contributed by atoms with Gasteiger partial charge in [-0.25, -0.2) is 0 Å². The molecule has 0 bridgehead atoms. The molecule has 0 heterocycles. The predicted octanol–water partition coefficient (Wildman–Crippen LogP) is 4.57. The van der Waals surface area contributed by atoms with Gasteiger partial charge in [0.05, 0.1) is 12.0 Å². The Morgan fingerprint density at radius 1 is 0.609 bits per heavy atom. The van der Waals surface area contributed by atoms with Crippen LogP contribution in [0.2, 0.25) is 0 Å². The summed E-state index contributed by atoms with van der Waals surface area (Å²) in [5, 5.41) is 9.38. The Bertz CT molecular complexity index is 649. The number of rotatable bonds is 5. The Balaban J connectivity index is 2.33. The Hall–Kier alpha value is -2.64. The number of allylic oxidation sites excluding steroid dienone is 1. The second-order valence-corrected chi connectivity index (χ2v) is 5.49. The molecule has 0 aliphatic rings. The number of aliphatic hydroxyl groups is 1. The number of benzene rings is 3. The van der Waals surface area contributed by atoms with Gasteiger partial charge < -0.3 is 5.11 Å². The van der Waals surface area contributed by atoms with Crippen LogP contribution >= 0.6 is 0 Å². The van der Waals surface area contributed by atoms with E-state index in [1.54, 1.807) is 0 Å². The fraction of sp³-hybridized carbons (Fsp3) is 0.0909. The van der Waals surface area contributed by atoms with Gasteiger partial charge in [-0.1, -0.05) is 103 Å². The number of hydrogen-bond acceptors (Lipinski definition) is 1.